The maximum atomic E-state index is 13.5. The van der Waals surface area contributed by atoms with Crippen LogP contribution in [0.3, 0.4) is 0 Å². The Kier molecular flexibility index (Phi) is 7.00. The molecule has 116 valence electrons. The SMILES string of the molecule is COc1ccc(F)c(NC(=O)NCCCCCC(=O)O)c1. The van der Waals surface area contributed by atoms with Gasteiger partial charge in [0.1, 0.15) is 11.6 Å². The number of carbonyl (C=O) groups excluding carboxylic acids is 1. The molecule has 0 unspecified atom stereocenters. The number of carboxylic acid groups (broad SMARTS) is 1. The molecule has 21 heavy (non-hydrogen) atoms. The summed E-state index contributed by atoms with van der Waals surface area (Å²) in [5, 5.41) is 13.4. The third-order valence-electron chi connectivity index (χ3n) is 2.77. The highest BCUT2D eigenvalue weighted by molar-refractivity contribution is 5.89. The molecule has 2 amide bonds. The molecule has 0 aliphatic rings. The van der Waals surface area contributed by atoms with E-state index in [-0.39, 0.29) is 12.1 Å². The van der Waals surface area contributed by atoms with Crippen LogP contribution in [-0.2, 0) is 4.79 Å². The van der Waals surface area contributed by atoms with Crippen LogP contribution in [0.5, 0.6) is 5.75 Å². The van der Waals surface area contributed by atoms with Gasteiger partial charge in [-0.2, -0.15) is 0 Å². The number of benzene rings is 1. The number of carbonyl (C=O) groups is 2. The zero-order valence-corrected chi connectivity index (χ0v) is 11.8. The number of aliphatic carboxylic acids is 1. The van der Waals surface area contributed by atoms with E-state index in [1.165, 1.54) is 25.3 Å². The van der Waals surface area contributed by atoms with Crippen molar-refractivity contribution < 1.29 is 23.8 Å². The molecular formula is C14H19FN2O4. The lowest BCUT2D eigenvalue weighted by Crippen LogP contribution is -2.29. The van der Waals surface area contributed by atoms with E-state index in [2.05, 4.69) is 10.6 Å². The molecule has 3 N–H and O–H groups in total. The lowest BCUT2D eigenvalue weighted by Gasteiger charge is -2.09. The Morgan fingerprint density at radius 1 is 1.29 bits per heavy atom. The fourth-order valence-corrected chi connectivity index (χ4v) is 1.67. The predicted molar refractivity (Wildman–Crippen MR) is 76.1 cm³/mol. The number of urea groups is 1. The van der Waals surface area contributed by atoms with Gasteiger partial charge in [0.2, 0.25) is 0 Å². The second-order valence-corrected chi connectivity index (χ2v) is 4.43. The number of nitrogens with one attached hydrogen (secondary N) is 2. The molecule has 0 radical (unpaired) electrons. The van der Waals surface area contributed by atoms with Gasteiger partial charge in [-0.1, -0.05) is 6.42 Å². The van der Waals surface area contributed by atoms with Crippen molar-refractivity contribution in [1.82, 2.24) is 5.32 Å². The second kappa shape index (κ2) is 8.78. The molecule has 0 fully saturated rings. The Hall–Kier alpha value is -2.31. The molecule has 6 nitrogen and oxygen atoms in total. The van der Waals surface area contributed by atoms with Crippen LogP contribution in [0.1, 0.15) is 25.7 Å². The van der Waals surface area contributed by atoms with Crippen molar-refractivity contribution in [2.45, 2.75) is 25.7 Å². The zero-order valence-electron chi connectivity index (χ0n) is 11.8. The van der Waals surface area contributed by atoms with Gasteiger partial charge in [-0.3, -0.25) is 4.79 Å². The average molecular weight is 298 g/mol. The highest BCUT2D eigenvalue weighted by Crippen LogP contribution is 2.20. The highest BCUT2D eigenvalue weighted by atomic mass is 19.1. The van der Waals surface area contributed by atoms with Crippen LogP contribution in [-0.4, -0.2) is 30.8 Å². The number of hydrogen-bond donors (Lipinski definition) is 3. The van der Waals surface area contributed by atoms with Gasteiger partial charge >= 0.3 is 12.0 Å². The number of ether oxygens (including phenoxy) is 1. The summed E-state index contributed by atoms with van der Waals surface area (Å²) in [6, 6.07) is 3.54. The number of methoxy groups -OCH3 is 1. The lowest BCUT2D eigenvalue weighted by atomic mass is 10.2. The van der Waals surface area contributed by atoms with Crippen LogP contribution in [0.25, 0.3) is 0 Å². The normalized spacial score (nSPS) is 10.0. The minimum Gasteiger partial charge on any atom is -0.497 e. The number of amides is 2. The number of unbranched alkanes of at least 4 members (excludes halogenated alkanes) is 2. The van der Waals surface area contributed by atoms with Gasteiger partial charge in [0, 0.05) is 19.0 Å². The molecule has 0 atom stereocenters. The first-order chi connectivity index (χ1) is 10.0. The third-order valence-corrected chi connectivity index (χ3v) is 2.77. The van der Waals surface area contributed by atoms with Gasteiger partial charge in [-0.15, -0.1) is 0 Å². The molecular weight excluding hydrogens is 279 g/mol. The van der Waals surface area contributed by atoms with Crippen molar-refractivity contribution in [2.75, 3.05) is 19.0 Å². The molecule has 0 bridgehead atoms. The number of rotatable bonds is 8. The van der Waals surface area contributed by atoms with Crippen LogP contribution in [0, 0.1) is 5.82 Å². The molecule has 0 aliphatic carbocycles. The van der Waals surface area contributed by atoms with Crippen LogP contribution in [0.2, 0.25) is 0 Å². The molecule has 1 rings (SSSR count). The maximum Gasteiger partial charge on any atom is 0.319 e. The number of anilines is 1. The van der Waals surface area contributed by atoms with Gasteiger partial charge in [0.15, 0.2) is 0 Å². The third kappa shape index (κ3) is 6.60. The quantitative estimate of drug-likeness (QED) is 0.644. The molecule has 7 heteroatoms. The van der Waals surface area contributed by atoms with Gasteiger partial charge in [0.25, 0.3) is 0 Å². The van der Waals surface area contributed by atoms with Gasteiger partial charge < -0.3 is 20.5 Å². The van der Waals surface area contributed by atoms with E-state index in [1.807, 2.05) is 0 Å². The van der Waals surface area contributed by atoms with Crippen molar-refractivity contribution >= 4 is 17.7 Å². The predicted octanol–water partition coefficient (Wildman–Crippen LogP) is 2.60. The van der Waals surface area contributed by atoms with E-state index in [0.29, 0.717) is 31.6 Å². The Balaban J connectivity index is 2.29. The molecule has 0 saturated carbocycles. The molecule has 0 heterocycles. The van der Waals surface area contributed by atoms with E-state index in [0.717, 1.165) is 0 Å². The van der Waals surface area contributed by atoms with E-state index >= 15 is 0 Å². The summed E-state index contributed by atoms with van der Waals surface area (Å²) in [5.41, 5.74) is 0.0396. The first kappa shape index (κ1) is 16.7. The summed E-state index contributed by atoms with van der Waals surface area (Å²) in [6.07, 6.45) is 2.08. The standard InChI is InChI=1S/C14H19FN2O4/c1-21-10-6-7-11(15)12(9-10)17-14(20)16-8-4-2-3-5-13(18)19/h6-7,9H,2-5,8H2,1H3,(H,18,19)(H2,16,17,20). The molecule has 1 aromatic rings. The van der Waals surface area contributed by atoms with Crippen LogP contribution >= 0.6 is 0 Å². The molecule has 0 spiro atoms. The summed E-state index contributed by atoms with van der Waals surface area (Å²) >= 11 is 0. The number of hydrogen-bond acceptors (Lipinski definition) is 3. The summed E-state index contributed by atoms with van der Waals surface area (Å²) in [5.74, 6) is -0.929. The minimum atomic E-state index is -0.825. The van der Waals surface area contributed by atoms with Gasteiger partial charge in [0.05, 0.1) is 12.8 Å². The monoisotopic (exact) mass is 298 g/mol. The van der Waals surface area contributed by atoms with Crippen LogP contribution in [0.15, 0.2) is 18.2 Å². The van der Waals surface area contributed by atoms with Crippen molar-refractivity contribution in [3.8, 4) is 5.75 Å². The number of carboxylic acids is 1. The van der Waals surface area contributed by atoms with Crippen molar-refractivity contribution in [1.29, 1.82) is 0 Å². The van der Waals surface area contributed by atoms with Crippen molar-refractivity contribution in [3.63, 3.8) is 0 Å². The second-order valence-electron chi connectivity index (χ2n) is 4.43. The molecule has 1 aromatic carbocycles. The van der Waals surface area contributed by atoms with E-state index in [1.54, 1.807) is 0 Å². The first-order valence-corrected chi connectivity index (χ1v) is 6.63. The largest absolute Gasteiger partial charge is 0.497 e. The van der Waals surface area contributed by atoms with Crippen molar-refractivity contribution in [2.24, 2.45) is 0 Å². The fourth-order valence-electron chi connectivity index (χ4n) is 1.67. The van der Waals surface area contributed by atoms with Gasteiger partial charge in [-0.05, 0) is 25.0 Å². The Morgan fingerprint density at radius 2 is 2.05 bits per heavy atom. The number of halogens is 1. The summed E-state index contributed by atoms with van der Waals surface area (Å²) in [6.45, 7) is 0.400. The zero-order chi connectivity index (χ0) is 15.7. The lowest BCUT2D eigenvalue weighted by molar-refractivity contribution is -0.137. The average Bonchev–Trinajstić information content (AvgIpc) is 2.44. The Labute approximate surface area is 122 Å². The maximum absolute atomic E-state index is 13.5. The van der Waals surface area contributed by atoms with E-state index in [4.69, 9.17) is 9.84 Å². The fraction of sp³-hybridized carbons (Fsp3) is 0.429. The summed E-state index contributed by atoms with van der Waals surface area (Å²) < 4.78 is 18.4. The smallest absolute Gasteiger partial charge is 0.319 e. The summed E-state index contributed by atoms with van der Waals surface area (Å²) in [4.78, 5) is 21.9. The molecule has 0 aromatic heterocycles. The van der Waals surface area contributed by atoms with E-state index < -0.39 is 17.8 Å². The molecule has 0 aliphatic heterocycles. The van der Waals surface area contributed by atoms with E-state index in [9.17, 15) is 14.0 Å². The van der Waals surface area contributed by atoms with Crippen molar-refractivity contribution in [3.05, 3.63) is 24.0 Å². The first-order valence-electron chi connectivity index (χ1n) is 6.63. The minimum absolute atomic E-state index is 0.0396. The Bertz CT molecular complexity index is 494. The topological polar surface area (TPSA) is 87.7 Å². The summed E-state index contributed by atoms with van der Waals surface area (Å²) in [7, 11) is 1.45. The highest BCUT2D eigenvalue weighted by Gasteiger charge is 2.07. The van der Waals surface area contributed by atoms with Crippen LogP contribution in [0.4, 0.5) is 14.9 Å². The van der Waals surface area contributed by atoms with Gasteiger partial charge in [-0.25, -0.2) is 9.18 Å². The molecule has 0 saturated heterocycles. The Morgan fingerprint density at radius 3 is 2.71 bits per heavy atom. The van der Waals surface area contributed by atoms with Crippen LogP contribution < -0.4 is 15.4 Å².